The van der Waals surface area contributed by atoms with Gasteiger partial charge in [-0.15, -0.1) is 0 Å². The van der Waals surface area contributed by atoms with Gasteiger partial charge in [-0.1, -0.05) is 0 Å². The summed E-state index contributed by atoms with van der Waals surface area (Å²) >= 11 is 0. The average molecular weight is 257 g/mol. The van der Waals surface area contributed by atoms with Gasteiger partial charge in [0, 0.05) is 0 Å². The molecule has 1 heterocycles. The van der Waals surface area contributed by atoms with Gasteiger partial charge in [0.1, 0.15) is 5.60 Å². The van der Waals surface area contributed by atoms with E-state index in [-0.39, 0.29) is 0 Å². The van der Waals surface area contributed by atoms with Crippen LogP contribution < -0.4 is 0 Å². The number of hydrogen-bond donors (Lipinski definition) is 0. The van der Waals surface area contributed by atoms with Crippen molar-refractivity contribution in [2.45, 2.75) is 44.6 Å². The number of carbonyl (C=O) groups is 1. The van der Waals surface area contributed by atoms with Crippen molar-refractivity contribution >= 4 is 6.09 Å². The largest absolute Gasteiger partial charge is 0.444 e. The quantitative estimate of drug-likeness (QED) is 0.624. The Morgan fingerprint density at radius 3 is 1.88 bits per heavy atom. The van der Waals surface area contributed by atoms with Crippen molar-refractivity contribution in [2.75, 3.05) is 13.1 Å². The van der Waals surface area contributed by atoms with Crippen molar-refractivity contribution in [2.24, 2.45) is 0 Å². The maximum Gasteiger partial charge on any atom is 0.410 e. The molecule has 0 saturated carbocycles. The first-order valence-corrected chi connectivity index (χ1v) is 5.14. The van der Waals surface area contributed by atoms with Crippen molar-refractivity contribution in [3.8, 4) is 0 Å². The number of rotatable bonds is 0. The Bertz CT molecular complexity index is 296. The van der Waals surface area contributed by atoms with Gasteiger partial charge < -0.3 is 4.74 Å². The lowest BCUT2D eigenvalue weighted by molar-refractivity contribution is -0.167. The summed E-state index contributed by atoms with van der Waals surface area (Å²) in [6.45, 7) is 2.54. The van der Waals surface area contributed by atoms with Crippen LogP contribution in [0.2, 0.25) is 0 Å². The monoisotopic (exact) mass is 257 g/mol. The predicted molar refractivity (Wildman–Crippen MR) is 52.3 cm³/mol. The molecule has 0 radical (unpaired) electrons. The molecule has 0 spiro atoms. The average Bonchev–Trinajstić information content (AvgIpc) is 1.93. The van der Waals surface area contributed by atoms with E-state index in [1.54, 1.807) is 0 Å². The van der Waals surface area contributed by atoms with Gasteiger partial charge in [0.15, 0.2) is 0 Å². The van der Waals surface area contributed by atoms with Crippen LogP contribution in [0.1, 0.15) is 27.2 Å². The van der Waals surface area contributed by atoms with Crippen LogP contribution >= 0.6 is 0 Å². The smallest absolute Gasteiger partial charge is 0.410 e. The zero-order valence-electron chi connectivity index (χ0n) is 9.90. The van der Waals surface area contributed by atoms with E-state index in [9.17, 15) is 22.4 Å². The SMILES string of the molecule is CC(C)(C)OC(=O)N1CC(F)(F)CC(F)(F)C1. The van der Waals surface area contributed by atoms with Gasteiger partial charge in [0.2, 0.25) is 0 Å². The van der Waals surface area contributed by atoms with Crippen molar-refractivity contribution in [1.29, 1.82) is 0 Å². The number of hydrogen-bond acceptors (Lipinski definition) is 2. The normalized spacial score (nSPS) is 23.4. The van der Waals surface area contributed by atoms with E-state index in [0.717, 1.165) is 0 Å². The Hall–Kier alpha value is -1.01. The molecule has 0 aromatic heterocycles. The topological polar surface area (TPSA) is 29.5 Å². The van der Waals surface area contributed by atoms with Crippen molar-refractivity contribution in [3.63, 3.8) is 0 Å². The van der Waals surface area contributed by atoms with E-state index in [4.69, 9.17) is 4.74 Å². The van der Waals surface area contributed by atoms with Crippen LogP contribution in [0.15, 0.2) is 0 Å². The molecule has 0 unspecified atom stereocenters. The molecule has 17 heavy (non-hydrogen) atoms. The molecule has 0 N–H and O–H groups in total. The lowest BCUT2D eigenvalue weighted by Gasteiger charge is -2.37. The fourth-order valence-corrected chi connectivity index (χ4v) is 1.56. The summed E-state index contributed by atoms with van der Waals surface area (Å²) in [7, 11) is 0. The van der Waals surface area contributed by atoms with Gasteiger partial charge in [-0.05, 0) is 20.8 Å². The highest BCUT2D eigenvalue weighted by Crippen LogP contribution is 2.36. The second kappa shape index (κ2) is 4.03. The molecule has 1 saturated heterocycles. The third-order valence-corrected chi connectivity index (χ3v) is 2.01. The zero-order chi connectivity index (χ0) is 13.5. The van der Waals surface area contributed by atoms with E-state index in [2.05, 4.69) is 0 Å². The molecular formula is C10H15F4NO2. The Morgan fingerprint density at radius 2 is 1.53 bits per heavy atom. The first-order valence-electron chi connectivity index (χ1n) is 5.14. The van der Waals surface area contributed by atoms with Gasteiger partial charge in [-0.3, -0.25) is 4.90 Å². The van der Waals surface area contributed by atoms with Crippen LogP contribution in [0.3, 0.4) is 0 Å². The molecule has 0 bridgehead atoms. The fourth-order valence-electron chi connectivity index (χ4n) is 1.56. The first-order chi connectivity index (χ1) is 7.40. The lowest BCUT2D eigenvalue weighted by Crippen LogP contribution is -2.55. The number of nitrogens with zero attached hydrogens (tertiary/aromatic N) is 1. The summed E-state index contributed by atoms with van der Waals surface area (Å²) in [5.41, 5.74) is -0.904. The highest BCUT2D eigenvalue weighted by Gasteiger charge is 2.52. The van der Waals surface area contributed by atoms with E-state index in [1.807, 2.05) is 0 Å². The summed E-state index contributed by atoms with van der Waals surface area (Å²) in [6.07, 6.45) is -2.67. The van der Waals surface area contributed by atoms with Crippen LogP contribution in [0.4, 0.5) is 22.4 Å². The Kier molecular flexibility index (Phi) is 3.33. The third kappa shape index (κ3) is 4.40. The van der Waals surface area contributed by atoms with Crippen LogP contribution in [0.25, 0.3) is 0 Å². The zero-order valence-corrected chi connectivity index (χ0v) is 9.90. The number of likely N-dealkylation sites (tertiary alicyclic amines) is 1. The number of piperidine rings is 1. The maximum atomic E-state index is 13.0. The number of alkyl halides is 4. The van der Waals surface area contributed by atoms with E-state index >= 15 is 0 Å². The fraction of sp³-hybridized carbons (Fsp3) is 0.900. The Labute approximate surface area is 96.7 Å². The summed E-state index contributed by atoms with van der Waals surface area (Å²) in [4.78, 5) is 11.8. The van der Waals surface area contributed by atoms with E-state index < -0.39 is 43.0 Å². The van der Waals surface area contributed by atoms with Gasteiger partial charge in [-0.2, -0.15) is 0 Å². The van der Waals surface area contributed by atoms with Gasteiger partial charge in [-0.25, -0.2) is 22.4 Å². The molecule has 7 heteroatoms. The van der Waals surface area contributed by atoms with Crippen LogP contribution in [0.5, 0.6) is 0 Å². The van der Waals surface area contributed by atoms with Gasteiger partial charge >= 0.3 is 6.09 Å². The van der Waals surface area contributed by atoms with Crippen molar-refractivity contribution in [3.05, 3.63) is 0 Å². The Morgan fingerprint density at radius 1 is 1.12 bits per heavy atom. The molecule has 0 aromatic carbocycles. The molecule has 1 rings (SSSR count). The van der Waals surface area contributed by atoms with Crippen molar-refractivity contribution in [1.82, 2.24) is 4.90 Å². The molecule has 1 aliphatic rings. The highest BCUT2D eigenvalue weighted by molar-refractivity contribution is 5.68. The Balaban J connectivity index is 2.74. The minimum Gasteiger partial charge on any atom is -0.444 e. The predicted octanol–water partition coefficient (Wildman–Crippen LogP) is 2.90. The lowest BCUT2D eigenvalue weighted by atomic mass is 10.0. The molecule has 1 amide bonds. The second-order valence-corrected chi connectivity index (χ2v) is 5.23. The van der Waals surface area contributed by atoms with Gasteiger partial charge in [0.05, 0.1) is 19.5 Å². The minimum absolute atomic E-state index is 0.356. The number of ether oxygens (including phenoxy) is 1. The minimum atomic E-state index is -3.58. The van der Waals surface area contributed by atoms with Gasteiger partial charge in [0.25, 0.3) is 11.8 Å². The molecule has 0 atom stereocenters. The highest BCUT2D eigenvalue weighted by atomic mass is 19.3. The molecule has 1 fully saturated rings. The summed E-state index contributed by atoms with van der Waals surface area (Å²) in [5, 5.41) is 0. The van der Waals surface area contributed by atoms with Crippen LogP contribution in [-0.4, -0.2) is 41.5 Å². The van der Waals surface area contributed by atoms with Crippen LogP contribution in [-0.2, 0) is 4.74 Å². The molecule has 3 nitrogen and oxygen atoms in total. The first kappa shape index (κ1) is 14.1. The molecule has 1 aliphatic heterocycles. The van der Waals surface area contributed by atoms with Crippen molar-refractivity contribution < 1.29 is 27.1 Å². The summed E-state index contributed by atoms with van der Waals surface area (Å²) in [5.74, 6) is -7.17. The maximum absolute atomic E-state index is 13.0. The molecule has 100 valence electrons. The number of amides is 1. The standard InChI is InChI=1S/C10H15F4NO2/c1-8(2,3)17-7(16)15-5-9(11,12)4-10(13,14)6-15/h4-6H2,1-3H3. The second-order valence-electron chi connectivity index (χ2n) is 5.23. The molecular weight excluding hydrogens is 242 g/mol. The molecule has 0 aromatic rings. The van der Waals surface area contributed by atoms with E-state index in [1.165, 1.54) is 20.8 Å². The number of carbonyl (C=O) groups excluding carboxylic acids is 1. The summed E-state index contributed by atoms with van der Waals surface area (Å²) in [6, 6.07) is 0. The molecule has 0 aliphatic carbocycles. The summed E-state index contributed by atoms with van der Waals surface area (Å²) < 4.78 is 56.8. The van der Waals surface area contributed by atoms with E-state index in [0.29, 0.717) is 4.90 Å². The third-order valence-electron chi connectivity index (χ3n) is 2.01. The number of halogens is 4. The van der Waals surface area contributed by atoms with Crippen LogP contribution in [0, 0.1) is 0 Å².